The van der Waals surface area contributed by atoms with Crippen molar-refractivity contribution in [2.24, 2.45) is 0 Å². The van der Waals surface area contributed by atoms with E-state index in [1.54, 1.807) is 7.05 Å². The van der Waals surface area contributed by atoms with E-state index in [1.165, 1.54) is 5.56 Å². The van der Waals surface area contributed by atoms with Crippen LogP contribution in [0.4, 0.5) is 0 Å². The summed E-state index contributed by atoms with van der Waals surface area (Å²) in [6, 6.07) is 4.00. The molecule has 0 fully saturated rings. The molecule has 13 heavy (non-hydrogen) atoms. The Hall–Kier alpha value is -1.31. The second kappa shape index (κ2) is 3.60. The maximum Gasteiger partial charge on any atom is 0.251 e. The van der Waals surface area contributed by atoms with Gasteiger partial charge in [0.05, 0.1) is 0 Å². The number of aryl methyl sites for hydroxylation is 2. The summed E-state index contributed by atoms with van der Waals surface area (Å²) < 4.78 is 0. The molecule has 1 amide bonds. The number of carbonyl (C=O) groups excluding carboxylic acids is 1. The van der Waals surface area contributed by atoms with Gasteiger partial charge < -0.3 is 5.32 Å². The van der Waals surface area contributed by atoms with Crippen LogP contribution in [0.3, 0.4) is 0 Å². The van der Waals surface area contributed by atoms with Crippen LogP contribution in [-0.2, 0) is 0 Å². The first-order chi connectivity index (χ1) is 6.06. The first kappa shape index (κ1) is 9.78. The van der Waals surface area contributed by atoms with Crippen molar-refractivity contribution in [2.45, 2.75) is 20.8 Å². The number of benzene rings is 1. The molecule has 0 aliphatic heterocycles. The Morgan fingerprint density at radius 3 is 2.38 bits per heavy atom. The van der Waals surface area contributed by atoms with Crippen LogP contribution in [0.2, 0.25) is 0 Å². The molecule has 0 aliphatic rings. The topological polar surface area (TPSA) is 29.1 Å². The Balaban J connectivity index is 3.28. The SMILES string of the molecule is CNC(=O)c1cc(C)cc(C)c1C. The van der Waals surface area contributed by atoms with E-state index in [4.69, 9.17) is 0 Å². The Labute approximate surface area is 79.0 Å². The minimum absolute atomic E-state index is 0.00991. The number of nitrogens with one attached hydrogen (secondary N) is 1. The molecule has 0 saturated carbocycles. The minimum Gasteiger partial charge on any atom is -0.355 e. The molecule has 2 heteroatoms. The van der Waals surface area contributed by atoms with Gasteiger partial charge in [-0.3, -0.25) is 4.79 Å². The molecule has 0 aliphatic carbocycles. The Morgan fingerprint density at radius 1 is 1.23 bits per heavy atom. The summed E-state index contributed by atoms with van der Waals surface area (Å²) in [6.07, 6.45) is 0. The summed E-state index contributed by atoms with van der Waals surface area (Å²) >= 11 is 0. The maximum absolute atomic E-state index is 11.4. The van der Waals surface area contributed by atoms with E-state index in [-0.39, 0.29) is 5.91 Å². The van der Waals surface area contributed by atoms with Gasteiger partial charge in [0.1, 0.15) is 0 Å². The average Bonchev–Trinajstić information content (AvgIpc) is 2.10. The van der Waals surface area contributed by atoms with Crippen LogP contribution in [-0.4, -0.2) is 13.0 Å². The van der Waals surface area contributed by atoms with Gasteiger partial charge in [-0.1, -0.05) is 11.6 Å². The van der Waals surface area contributed by atoms with Crippen molar-refractivity contribution in [3.8, 4) is 0 Å². The van der Waals surface area contributed by atoms with Crippen molar-refractivity contribution >= 4 is 5.91 Å². The molecule has 0 saturated heterocycles. The highest BCUT2D eigenvalue weighted by atomic mass is 16.1. The van der Waals surface area contributed by atoms with Gasteiger partial charge in [-0.25, -0.2) is 0 Å². The van der Waals surface area contributed by atoms with Crippen molar-refractivity contribution in [1.29, 1.82) is 0 Å². The quantitative estimate of drug-likeness (QED) is 0.698. The van der Waals surface area contributed by atoms with Crippen LogP contribution in [0.25, 0.3) is 0 Å². The fourth-order valence-electron chi connectivity index (χ4n) is 1.41. The van der Waals surface area contributed by atoms with Crippen LogP contribution in [0.5, 0.6) is 0 Å². The summed E-state index contributed by atoms with van der Waals surface area (Å²) in [5.41, 5.74) is 4.13. The fourth-order valence-corrected chi connectivity index (χ4v) is 1.41. The molecule has 0 aromatic heterocycles. The number of rotatable bonds is 1. The second-order valence-corrected chi connectivity index (χ2v) is 3.33. The van der Waals surface area contributed by atoms with Gasteiger partial charge in [0, 0.05) is 12.6 Å². The summed E-state index contributed by atoms with van der Waals surface area (Å²) in [7, 11) is 1.65. The highest BCUT2D eigenvalue weighted by molar-refractivity contribution is 5.95. The Morgan fingerprint density at radius 2 is 1.85 bits per heavy atom. The molecule has 0 radical (unpaired) electrons. The van der Waals surface area contributed by atoms with Gasteiger partial charge in [0.25, 0.3) is 5.91 Å². The van der Waals surface area contributed by atoms with E-state index in [9.17, 15) is 4.79 Å². The van der Waals surface area contributed by atoms with Crippen LogP contribution in [0.1, 0.15) is 27.0 Å². The Kier molecular flexibility index (Phi) is 2.71. The van der Waals surface area contributed by atoms with E-state index in [2.05, 4.69) is 11.4 Å². The van der Waals surface area contributed by atoms with Crippen LogP contribution in [0, 0.1) is 20.8 Å². The highest BCUT2D eigenvalue weighted by Crippen LogP contribution is 2.15. The molecular formula is C11H15NO. The predicted molar refractivity (Wildman–Crippen MR) is 54.0 cm³/mol. The molecule has 2 nitrogen and oxygen atoms in total. The van der Waals surface area contributed by atoms with Crippen molar-refractivity contribution in [3.63, 3.8) is 0 Å². The van der Waals surface area contributed by atoms with Gasteiger partial charge in [0.2, 0.25) is 0 Å². The monoisotopic (exact) mass is 177 g/mol. The van der Waals surface area contributed by atoms with Gasteiger partial charge >= 0.3 is 0 Å². The number of carbonyl (C=O) groups is 1. The van der Waals surface area contributed by atoms with Crippen molar-refractivity contribution in [2.75, 3.05) is 7.05 Å². The number of hydrogen-bond acceptors (Lipinski definition) is 1. The largest absolute Gasteiger partial charge is 0.355 e. The molecular weight excluding hydrogens is 162 g/mol. The standard InChI is InChI=1S/C11H15NO/c1-7-5-8(2)9(3)10(6-7)11(13)12-4/h5-6H,1-4H3,(H,12,13). The zero-order valence-corrected chi connectivity index (χ0v) is 8.56. The normalized spacial score (nSPS) is 9.85. The lowest BCUT2D eigenvalue weighted by molar-refractivity contribution is 0.0962. The summed E-state index contributed by atoms with van der Waals surface area (Å²) in [5.74, 6) is -0.00991. The molecule has 0 spiro atoms. The van der Waals surface area contributed by atoms with E-state index in [0.717, 1.165) is 16.7 Å². The van der Waals surface area contributed by atoms with Gasteiger partial charge in [-0.15, -0.1) is 0 Å². The van der Waals surface area contributed by atoms with Crippen molar-refractivity contribution in [3.05, 3.63) is 34.4 Å². The smallest absolute Gasteiger partial charge is 0.251 e. The third-order valence-electron chi connectivity index (χ3n) is 2.28. The second-order valence-electron chi connectivity index (χ2n) is 3.33. The van der Waals surface area contributed by atoms with E-state index < -0.39 is 0 Å². The summed E-state index contributed by atoms with van der Waals surface area (Å²) in [5, 5.41) is 2.64. The van der Waals surface area contributed by atoms with Crippen LogP contribution >= 0.6 is 0 Å². The lowest BCUT2D eigenvalue weighted by Crippen LogP contribution is -2.19. The first-order valence-corrected chi connectivity index (χ1v) is 4.36. The fraction of sp³-hybridized carbons (Fsp3) is 0.364. The molecule has 1 rings (SSSR count). The molecule has 70 valence electrons. The zero-order chi connectivity index (χ0) is 10.0. The van der Waals surface area contributed by atoms with Crippen molar-refractivity contribution < 1.29 is 4.79 Å². The van der Waals surface area contributed by atoms with E-state index >= 15 is 0 Å². The molecule has 1 N–H and O–H groups in total. The molecule has 1 aromatic carbocycles. The minimum atomic E-state index is -0.00991. The predicted octanol–water partition coefficient (Wildman–Crippen LogP) is 1.97. The van der Waals surface area contributed by atoms with Crippen molar-refractivity contribution in [1.82, 2.24) is 5.32 Å². The number of amides is 1. The van der Waals surface area contributed by atoms with Gasteiger partial charge in [-0.05, 0) is 38.0 Å². The van der Waals surface area contributed by atoms with E-state index in [0.29, 0.717) is 0 Å². The third kappa shape index (κ3) is 1.89. The molecule has 0 atom stereocenters. The Bertz CT molecular complexity index is 342. The first-order valence-electron chi connectivity index (χ1n) is 4.36. The van der Waals surface area contributed by atoms with Gasteiger partial charge in [0.15, 0.2) is 0 Å². The maximum atomic E-state index is 11.4. The van der Waals surface area contributed by atoms with E-state index in [1.807, 2.05) is 26.8 Å². The lowest BCUT2D eigenvalue weighted by atomic mass is 10.00. The van der Waals surface area contributed by atoms with Crippen LogP contribution < -0.4 is 5.32 Å². The highest BCUT2D eigenvalue weighted by Gasteiger charge is 2.08. The molecule has 0 unspecified atom stereocenters. The third-order valence-corrected chi connectivity index (χ3v) is 2.28. The molecule has 0 heterocycles. The molecule has 0 bridgehead atoms. The average molecular weight is 177 g/mol. The van der Waals surface area contributed by atoms with Gasteiger partial charge in [-0.2, -0.15) is 0 Å². The van der Waals surface area contributed by atoms with Crippen LogP contribution in [0.15, 0.2) is 12.1 Å². The number of hydrogen-bond donors (Lipinski definition) is 1. The lowest BCUT2D eigenvalue weighted by Gasteiger charge is -2.08. The summed E-state index contributed by atoms with van der Waals surface area (Å²) in [4.78, 5) is 11.4. The zero-order valence-electron chi connectivity index (χ0n) is 8.56. The summed E-state index contributed by atoms with van der Waals surface area (Å²) in [6.45, 7) is 5.99. The molecule has 1 aromatic rings.